The van der Waals surface area contributed by atoms with E-state index in [-0.39, 0.29) is 5.91 Å². The highest BCUT2D eigenvalue weighted by Gasteiger charge is 1.96. The number of unbranched alkanes of at least 4 members (excludes halogenated alkanes) is 2. The summed E-state index contributed by atoms with van der Waals surface area (Å²) in [5.41, 5.74) is 9.46. The van der Waals surface area contributed by atoms with Gasteiger partial charge in [0, 0.05) is 17.9 Å². The maximum absolute atomic E-state index is 10.5. The summed E-state index contributed by atoms with van der Waals surface area (Å²) in [5.74, 6) is -0.376. The van der Waals surface area contributed by atoms with Crippen LogP contribution in [-0.4, -0.2) is 17.7 Å². The van der Waals surface area contributed by atoms with Gasteiger partial charge in [0.1, 0.15) is 0 Å². The number of azide groups is 1. The highest BCUT2D eigenvalue weighted by Crippen LogP contribution is 1.99. The fraction of sp³-hybridized carbons (Fsp3) is 0.833. The number of hydrogen-bond acceptors (Lipinski definition) is 3. The van der Waals surface area contributed by atoms with E-state index in [0.29, 0.717) is 19.4 Å². The third-order valence-electron chi connectivity index (χ3n) is 1.35. The molecule has 0 spiro atoms. The minimum absolute atomic E-state index is 0.312. The zero-order chi connectivity index (χ0) is 9.23. The zero-order valence-corrected chi connectivity index (χ0v) is 6.73. The maximum Gasteiger partial charge on any atom is 0.243 e. The van der Waals surface area contributed by atoms with Crippen molar-refractivity contribution >= 4 is 5.91 Å². The molecule has 0 unspecified atom stereocenters. The number of carbonyl (C=O) groups excluding carboxylic acids is 1. The van der Waals surface area contributed by atoms with Crippen LogP contribution in [0.15, 0.2) is 5.11 Å². The van der Waals surface area contributed by atoms with Gasteiger partial charge in [0.25, 0.3) is 0 Å². The number of nitrogens with one attached hydrogen (secondary N) is 1. The van der Waals surface area contributed by atoms with Crippen LogP contribution in [0.3, 0.4) is 0 Å². The predicted molar refractivity (Wildman–Crippen MR) is 42.4 cm³/mol. The SMILES string of the molecule is [N-]=[N+]=NCCCCCC(=O)NO. The third kappa shape index (κ3) is 6.85. The van der Waals surface area contributed by atoms with Gasteiger partial charge in [0.15, 0.2) is 0 Å². The number of nitrogens with zero attached hydrogens (tertiary/aromatic N) is 3. The van der Waals surface area contributed by atoms with Crippen LogP contribution in [0.1, 0.15) is 25.7 Å². The lowest BCUT2D eigenvalue weighted by molar-refractivity contribution is -0.129. The van der Waals surface area contributed by atoms with Crippen LogP contribution in [0.25, 0.3) is 10.4 Å². The molecular formula is C6H12N4O2. The first-order chi connectivity index (χ1) is 5.81. The summed E-state index contributed by atoms with van der Waals surface area (Å²) in [7, 11) is 0. The van der Waals surface area contributed by atoms with Crippen molar-refractivity contribution in [1.29, 1.82) is 0 Å². The summed E-state index contributed by atoms with van der Waals surface area (Å²) >= 11 is 0. The molecule has 0 aliphatic rings. The minimum atomic E-state index is -0.376. The Morgan fingerprint density at radius 3 is 2.83 bits per heavy atom. The minimum Gasteiger partial charge on any atom is -0.289 e. The highest BCUT2D eigenvalue weighted by molar-refractivity contribution is 5.74. The molecule has 2 N–H and O–H groups in total. The third-order valence-corrected chi connectivity index (χ3v) is 1.35. The number of rotatable bonds is 6. The summed E-state index contributed by atoms with van der Waals surface area (Å²) in [6.45, 7) is 0.469. The predicted octanol–water partition coefficient (Wildman–Crippen LogP) is 1.36. The van der Waals surface area contributed by atoms with Gasteiger partial charge in [0.05, 0.1) is 0 Å². The molecule has 0 bridgehead atoms. The quantitative estimate of drug-likeness (QED) is 0.158. The first kappa shape index (κ1) is 10.7. The van der Waals surface area contributed by atoms with Crippen molar-refractivity contribution in [3.05, 3.63) is 10.4 Å². The monoisotopic (exact) mass is 172 g/mol. The standard InChI is InChI=1S/C6H12N4O2/c7-10-8-5-3-1-2-4-6(11)9-12/h12H,1-5H2,(H,9,11). The van der Waals surface area contributed by atoms with E-state index < -0.39 is 0 Å². The van der Waals surface area contributed by atoms with Crippen LogP contribution < -0.4 is 5.48 Å². The topological polar surface area (TPSA) is 98.1 Å². The van der Waals surface area contributed by atoms with Crippen molar-refractivity contribution < 1.29 is 10.0 Å². The van der Waals surface area contributed by atoms with Crippen molar-refractivity contribution in [3.63, 3.8) is 0 Å². The lowest BCUT2D eigenvalue weighted by atomic mass is 10.2. The molecule has 1 amide bonds. The molecule has 0 saturated carbocycles. The fourth-order valence-electron chi connectivity index (χ4n) is 0.745. The van der Waals surface area contributed by atoms with Crippen molar-refractivity contribution in [2.75, 3.05) is 6.54 Å². The Kier molecular flexibility index (Phi) is 7.02. The molecule has 6 heteroatoms. The Bertz CT molecular complexity index is 176. The van der Waals surface area contributed by atoms with Crippen LogP contribution in [0.5, 0.6) is 0 Å². The van der Waals surface area contributed by atoms with Crippen LogP contribution in [0.4, 0.5) is 0 Å². The van der Waals surface area contributed by atoms with Crippen molar-refractivity contribution in [2.45, 2.75) is 25.7 Å². The molecule has 0 saturated heterocycles. The summed E-state index contributed by atoms with van der Waals surface area (Å²) in [6, 6.07) is 0. The van der Waals surface area contributed by atoms with Gasteiger partial charge in [-0.3, -0.25) is 10.0 Å². The van der Waals surface area contributed by atoms with E-state index in [1.54, 1.807) is 5.48 Å². The largest absolute Gasteiger partial charge is 0.289 e. The van der Waals surface area contributed by atoms with E-state index in [4.69, 9.17) is 10.7 Å². The van der Waals surface area contributed by atoms with Crippen molar-refractivity contribution in [3.8, 4) is 0 Å². The van der Waals surface area contributed by atoms with Crippen LogP contribution >= 0.6 is 0 Å². The van der Waals surface area contributed by atoms with E-state index in [1.165, 1.54) is 0 Å². The van der Waals surface area contributed by atoms with E-state index in [9.17, 15) is 4.79 Å². The molecule has 0 aliphatic carbocycles. The molecule has 6 nitrogen and oxygen atoms in total. The van der Waals surface area contributed by atoms with Gasteiger partial charge >= 0.3 is 0 Å². The van der Waals surface area contributed by atoms with Crippen molar-refractivity contribution in [1.82, 2.24) is 5.48 Å². The Balaban J connectivity index is 3.10. The summed E-state index contributed by atoms with van der Waals surface area (Å²) in [5, 5.41) is 11.4. The van der Waals surface area contributed by atoms with Crippen LogP contribution in [0, 0.1) is 0 Å². The highest BCUT2D eigenvalue weighted by atomic mass is 16.5. The first-order valence-corrected chi connectivity index (χ1v) is 3.75. The average molecular weight is 172 g/mol. The number of hydrogen-bond donors (Lipinski definition) is 2. The molecular weight excluding hydrogens is 160 g/mol. The van der Waals surface area contributed by atoms with Gasteiger partial charge in [0.2, 0.25) is 5.91 Å². The second-order valence-electron chi connectivity index (χ2n) is 2.30. The van der Waals surface area contributed by atoms with E-state index in [2.05, 4.69) is 10.0 Å². The van der Waals surface area contributed by atoms with Gasteiger partial charge < -0.3 is 0 Å². The average Bonchev–Trinajstić information content (AvgIpc) is 2.10. The van der Waals surface area contributed by atoms with Gasteiger partial charge in [-0.25, -0.2) is 5.48 Å². The van der Waals surface area contributed by atoms with E-state index in [1.807, 2.05) is 0 Å². The molecule has 0 aromatic carbocycles. The molecule has 0 aromatic rings. The second kappa shape index (κ2) is 7.84. The molecule has 0 radical (unpaired) electrons. The number of carbonyl (C=O) groups is 1. The van der Waals surface area contributed by atoms with E-state index >= 15 is 0 Å². The van der Waals surface area contributed by atoms with Gasteiger partial charge in [-0.15, -0.1) is 0 Å². The fourth-order valence-corrected chi connectivity index (χ4v) is 0.745. The second-order valence-corrected chi connectivity index (χ2v) is 2.30. The Morgan fingerprint density at radius 1 is 1.50 bits per heavy atom. The molecule has 0 fully saturated rings. The summed E-state index contributed by atoms with van der Waals surface area (Å²) < 4.78 is 0. The summed E-state index contributed by atoms with van der Waals surface area (Å²) in [6.07, 6.45) is 2.62. The molecule has 12 heavy (non-hydrogen) atoms. The molecule has 0 aromatic heterocycles. The number of hydroxylamine groups is 1. The number of amides is 1. The Labute approximate surface area is 70.2 Å². The smallest absolute Gasteiger partial charge is 0.243 e. The molecule has 0 heterocycles. The van der Waals surface area contributed by atoms with Crippen LogP contribution in [-0.2, 0) is 4.79 Å². The van der Waals surface area contributed by atoms with E-state index in [0.717, 1.165) is 12.8 Å². The molecule has 0 atom stereocenters. The van der Waals surface area contributed by atoms with Crippen molar-refractivity contribution in [2.24, 2.45) is 5.11 Å². The Morgan fingerprint density at radius 2 is 2.25 bits per heavy atom. The van der Waals surface area contributed by atoms with Gasteiger partial charge in [-0.05, 0) is 18.4 Å². The maximum atomic E-state index is 10.5. The Hall–Kier alpha value is -1.26. The zero-order valence-electron chi connectivity index (χ0n) is 6.73. The van der Waals surface area contributed by atoms with Crippen LogP contribution in [0.2, 0.25) is 0 Å². The molecule has 0 rings (SSSR count). The normalized spacial score (nSPS) is 8.75. The van der Waals surface area contributed by atoms with Gasteiger partial charge in [-0.2, -0.15) is 0 Å². The molecule has 0 aliphatic heterocycles. The lowest BCUT2D eigenvalue weighted by Crippen LogP contribution is -2.17. The van der Waals surface area contributed by atoms with Gasteiger partial charge in [-0.1, -0.05) is 11.5 Å². The summed E-state index contributed by atoms with van der Waals surface area (Å²) in [4.78, 5) is 13.0. The molecule has 68 valence electrons. The first-order valence-electron chi connectivity index (χ1n) is 3.75. The lowest BCUT2D eigenvalue weighted by Gasteiger charge is -1.96.